The van der Waals surface area contributed by atoms with Crippen molar-refractivity contribution in [1.82, 2.24) is 0 Å². The number of rotatable bonds is 4. The third kappa shape index (κ3) is 3.24. The highest BCUT2D eigenvalue weighted by atomic mass is 32.2. The van der Waals surface area contributed by atoms with Crippen LogP contribution < -0.4 is 15.2 Å². The van der Waals surface area contributed by atoms with E-state index >= 15 is 0 Å². The van der Waals surface area contributed by atoms with Crippen LogP contribution in [-0.4, -0.2) is 32.9 Å². The summed E-state index contributed by atoms with van der Waals surface area (Å²) < 4.78 is 36.0. The Balaban J connectivity index is 2.30. The summed E-state index contributed by atoms with van der Waals surface area (Å²) in [5, 5.41) is -0.521. The van der Waals surface area contributed by atoms with Crippen molar-refractivity contribution in [2.75, 3.05) is 13.2 Å². The first-order chi connectivity index (χ1) is 9.41. The molecule has 5 nitrogen and oxygen atoms in total. The van der Waals surface area contributed by atoms with Crippen LogP contribution in [0, 0.1) is 0 Å². The van der Waals surface area contributed by atoms with E-state index in [0.29, 0.717) is 31.1 Å². The van der Waals surface area contributed by atoms with E-state index in [-0.39, 0.29) is 10.9 Å². The number of benzene rings is 1. The van der Waals surface area contributed by atoms with E-state index in [1.54, 1.807) is 32.0 Å². The summed E-state index contributed by atoms with van der Waals surface area (Å²) in [6.07, 6.45) is 1.22. The lowest BCUT2D eigenvalue weighted by molar-refractivity contribution is 0.297. The standard InChI is InChI=1S/C14H21NO4S/c1-10(15)8-11(2)20(16,17)12-4-5-13-14(9-12)19-7-3-6-18-13/h4-5,9-11H,3,6-8,15H2,1-2H3. The lowest BCUT2D eigenvalue weighted by atomic mass is 10.2. The van der Waals surface area contributed by atoms with Crippen LogP contribution in [0.15, 0.2) is 23.1 Å². The Kier molecular flexibility index (Phi) is 4.55. The van der Waals surface area contributed by atoms with E-state index in [2.05, 4.69) is 0 Å². The zero-order valence-corrected chi connectivity index (χ0v) is 12.7. The Labute approximate surface area is 120 Å². The second kappa shape index (κ2) is 6.01. The topological polar surface area (TPSA) is 78.6 Å². The molecule has 0 aliphatic carbocycles. The fourth-order valence-electron chi connectivity index (χ4n) is 2.20. The van der Waals surface area contributed by atoms with Gasteiger partial charge in [0.2, 0.25) is 0 Å². The third-order valence-corrected chi connectivity index (χ3v) is 5.44. The number of fused-ring (bicyclic) bond motifs is 1. The molecule has 6 heteroatoms. The second-order valence-electron chi connectivity index (χ2n) is 5.23. The fraction of sp³-hybridized carbons (Fsp3) is 0.571. The minimum absolute atomic E-state index is 0.153. The molecule has 0 saturated heterocycles. The molecule has 0 spiro atoms. The highest BCUT2D eigenvalue weighted by molar-refractivity contribution is 7.92. The van der Waals surface area contributed by atoms with Crippen LogP contribution in [0.1, 0.15) is 26.7 Å². The third-order valence-electron chi connectivity index (χ3n) is 3.28. The maximum absolute atomic E-state index is 12.5. The van der Waals surface area contributed by atoms with Gasteiger partial charge < -0.3 is 15.2 Å². The number of ether oxygens (including phenoxy) is 2. The van der Waals surface area contributed by atoms with Crippen LogP contribution in [-0.2, 0) is 9.84 Å². The van der Waals surface area contributed by atoms with Crippen LogP contribution in [0.5, 0.6) is 11.5 Å². The molecule has 0 amide bonds. The van der Waals surface area contributed by atoms with Crippen LogP contribution in [0.4, 0.5) is 0 Å². The Morgan fingerprint density at radius 1 is 1.20 bits per heavy atom. The zero-order valence-electron chi connectivity index (χ0n) is 11.8. The van der Waals surface area contributed by atoms with Crippen molar-refractivity contribution >= 4 is 9.84 Å². The summed E-state index contributed by atoms with van der Waals surface area (Å²) in [7, 11) is -3.39. The van der Waals surface area contributed by atoms with Crippen molar-refractivity contribution in [1.29, 1.82) is 0 Å². The van der Waals surface area contributed by atoms with Crippen molar-refractivity contribution in [3.63, 3.8) is 0 Å². The van der Waals surface area contributed by atoms with Gasteiger partial charge in [-0.2, -0.15) is 0 Å². The SMILES string of the molecule is CC(N)CC(C)S(=O)(=O)c1ccc2c(c1)OCCCO2. The molecule has 1 aliphatic heterocycles. The molecule has 2 atom stereocenters. The maximum Gasteiger partial charge on any atom is 0.181 e. The van der Waals surface area contributed by atoms with Crippen LogP contribution in [0.25, 0.3) is 0 Å². The Morgan fingerprint density at radius 3 is 2.50 bits per heavy atom. The first-order valence-corrected chi connectivity index (χ1v) is 8.35. The average molecular weight is 299 g/mol. The highest BCUT2D eigenvalue weighted by Crippen LogP contribution is 2.33. The molecule has 1 aromatic rings. The summed E-state index contributed by atoms with van der Waals surface area (Å²) in [5.41, 5.74) is 5.69. The lowest BCUT2D eigenvalue weighted by Gasteiger charge is -2.16. The first-order valence-electron chi connectivity index (χ1n) is 6.80. The molecule has 2 unspecified atom stereocenters. The molecule has 0 fully saturated rings. The predicted molar refractivity (Wildman–Crippen MR) is 77.0 cm³/mol. The minimum Gasteiger partial charge on any atom is -0.490 e. The van der Waals surface area contributed by atoms with Crippen LogP contribution in [0.3, 0.4) is 0 Å². The van der Waals surface area contributed by atoms with E-state index in [1.807, 2.05) is 0 Å². The zero-order chi connectivity index (χ0) is 14.8. The number of sulfone groups is 1. The second-order valence-corrected chi connectivity index (χ2v) is 7.59. The quantitative estimate of drug-likeness (QED) is 0.916. The van der Waals surface area contributed by atoms with E-state index in [0.717, 1.165) is 6.42 Å². The molecule has 1 aromatic carbocycles. The molecule has 0 aromatic heterocycles. The molecule has 20 heavy (non-hydrogen) atoms. The van der Waals surface area contributed by atoms with Gasteiger partial charge >= 0.3 is 0 Å². The predicted octanol–water partition coefficient (Wildman–Crippen LogP) is 1.75. The van der Waals surface area contributed by atoms with Crippen molar-refractivity contribution < 1.29 is 17.9 Å². The van der Waals surface area contributed by atoms with E-state index in [4.69, 9.17) is 15.2 Å². The molecule has 1 aliphatic rings. The maximum atomic E-state index is 12.5. The average Bonchev–Trinajstić information content (AvgIpc) is 2.61. The van der Waals surface area contributed by atoms with Gasteiger partial charge in [-0.3, -0.25) is 0 Å². The summed E-state index contributed by atoms with van der Waals surface area (Å²) in [5.74, 6) is 1.10. The normalized spacial score (nSPS) is 18.1. The molecule has 112 valence electrons. The molecule has 0 bridgehead atoms. The van der Waals surface area contributed by atoms with E-state index < -0.39 is 15.1 Å². The number of nitrogens with two attached hydrogens (primary N) is 1. The smallest absolute Gasteiger partial charge is 0.181 e. The Bertz CT molecular complexity index is 569. The lowest BCUT2D eigenvalue weighted by Crippen LogP contribution is -2.27. The van der Waals surface area contributed by atoms with E-state index in [1.165, 1.54) is 0 Å². The summed E-state index contributed by atoms with van der Waals surface area (Å²) in [4.78, 5) is 0.259. The van der Waals surface area contributed by atoms with Gasteiger partial charge in [-0.25, -0.2) is 8.42 Å². The fourth-order valence-corrected chi connectivity index (χ4v) is 3.75. The van der Waals surface area contributed by atoms with Gasteiger partial charge in [-0.15, -0.1) is 0 Å². The van der Waals surface area contributed by atoms with Gasteiger partial charge in [0.05, 0.1) is 23.4 Å². The van der Waals surface area contributed by atoms with E-state index in [9.17, 15) is 8.42 Å². The summed E-state index contributed by atoms with van der Waals surface area (Å²) >= 11 is 0. The first kappa shape index (κ1) is 15.1. The molecular weight excluding hydrogens is 278 g/mol. The summed E-state index contributed by atoms with van der Waals surface area (Å²) in [6.45, 7) is 4.60. The molecule has 2 rings (SSSR count). The van der Waals surface area contributed by atoms with Gasteiger partial charge in [0.15, 0.2) is 21.3 Å². The Hall–Kier alpha value is -1.27. The monoisotopic (exact) mass is 299 g/mol. The molecule has 0 radical (unpaired) electrons. The van der Waals surface area contributed by atoms with Gasteiger partial charge in [0.1, 0.15) is 0 Å². The van der Waals surface area contributed by atoms with Crippen molar-refractivity contribution in [2.45, 2.75) is 42.9 Å². The van der Waals surface area contributed by atoms with Crippen molar-refractivity contribution in [3.05, 3.63) is 18.2 Å². The van der Waals surface area contributed by atoms with Gasteiger partial charge in [0.25, 0.3) is 0 Å². The van der Waals surface area contributed by atoms with Gasteiger partial charge in [0, 0.05) is 18.5 Å². The molecular formula is C14H21NO4S. The molecule has 1 heterocycles. The number of hydrogen-bond acceptors (Lipinski definition) is 5. The summed E-state index contributed by atoms with van der Waals surface area (Å²) in [6, 6.07) is 4.63. The van der Waals surface area contributed by atoms with Gasteiger partial charge in [-0.1, -0.05) is 0 Å². The van der Waals surface area contributed by atoms with Crippen molar-refractivity contribution in [2.24, 2.45) is 5.73 Å². The van der Waals surface area contributed by atoms with Crippen LogP contribution >= 0.6 is 0 Å². The minimum atomic E-state index is -3.39. The molecule has 2 N–H and O–H groups in total. The van der Waals surface area contributed by atoms with Crippen molar-refractivity contribution in [3.8, 4) is 11.5 Å². The highest BCUT2D eigenvalue weighted by Gasteiger charge is 2.25. The Morgan fingerprint density at radius 2 is 1.85 bits per heavy atom. The number of hydrogen-bond donors (Lipinski definition) is 1. The molecule has 0 saturated carbocycles. The van der Waals surface area contributed by atoms with Gasteiger partial charge in [-0.05, 0) is 32.4 Å². The van der Waals surface area contributed by atoms with Crippen LogP contribution in [0.2, 0.25) is 0 Å². The largest absolute Gasteiger partial charge is 0.490 e.